The Morgan fingerprint density at radius 1 is 1.64 bits per heavy atom. The highest BCUT2D eigenvalue weighted by Crippen LogP contribution is 2.36. The Bertz CT molecular complexity index is 214. The number of ketones is 1. The van der Waals surface area contributed by atoms with Crippen LogP contribution in [0.25, 0.3) is 0 Å². The topological polar surface area (TPSA) is 29.1 Å². The fraction of sp³-hybridized carbons (Fsp3) is 0.750. The molecule has 1 fully saturated rings. The van der Waals surface area contributed by atoms with E-state index in [9.17, 15) is 4.79 Å². The molecule has 0 aromatic rings. The molecule has 0 spiro atoms. The molecule has 0 bridgehead atoms. The average molecular weight is 195 g/mol. The van der Waals surface area contributed by atoms with E-state index in [-0.39, 0.29) is 5.41 Å². The monoisotopic (exact) mass is 195 g/mol. The number of rotatable bonds is 5. The maximum atomic E-state index is 12.1. The molecule has 1 aliphatic heterocycles. The first-order chi connectivity index (χ1) is 6.63. The van der Waals surface area contributed by atoms with E-state index in [0.29, 0.717) is 18.1 Å². The van der Waals surface area contributed by atoms with E-state index in [1.807, 2.05) is 6.08 Å². The van der Waals surface area contributed by atoms with Crippen LogP contribution < -0.4 is 5.32 Å². The summed E-state index contributed by atoms with van der Waals surface area (Å²) in [5.41, 5.74) is -0.0942. The zero-order valence-electron chi connectivity index (χ0n) is 9.31. The number of allylic oxidation sites excluding steroid dienone is 1. The molecule has 0 radical (unpaired) electrons. The molecule has 14 heavy (non-hydrogen) atoms. The molecular weight excluding hydrogens is 174 g/mol. The molecular formula is C12H21NO. The van der Waals surface area contributed by atoms with Crippen molar-refractivity contribution in [2.24, 2.45) is 11.3 Å². The molecule has 1 N–H and O–H groups in total. The molecule has 1 heterocycles. The van der Waals surface area contributed by atoms with Crippen LogP contribution in [0.1, 0.15) is 33.1 Å². The van der Waals surface area contributed by atoms with Gasteiger partial charge in [0.15, 0.2) is 0 Å². The van der Waals surface area contributed by atoms with Crippen molar-refractivity contribution in [1.29, 1.82) is 0 Å². The van der Waals surface area contributed by atoms with Gasteiger partial charge in [0.1, 0.15) is 5.78 Å². The largest absolute Gasteiger partial charge is 0.316 e. The smallest absolute Gasteiger partial charge is 0.140 e. The third-order valence-electron chi connectivity index (χ3n) is 3.42. The summed E-state index contributed by atoms with van der Waals surface area (Å²) in [5, 5.41) is 3.31. The van der Waals surface area contributed by atoms with Crippen LogP contribution in [0, 0.1) is 11.3 Å². The van der Waals surface area contributed by atoms with Gasteiger partial charge >= 0.3 is 0 Å². The van der Waals surface area contributed by atoms with Crippen LogP contribution in [0.4, 0.5) is 0 Å². The Hall–Kier alpha value is -0.630. The van der Waals surface area contributed by atoms with Crippen molar-refractivity contribution in [3.05, 3.63) is 12.7 Å². The Morgan fingerprint density at radius 3 is 2.79 bits per heavy atom. The highest BCUT2D eigenvalue weighted by molar-refractivity contribution is 5.85. The van der Waals surface area contributed by atoms with Crippen LogP contribution in [-0.2, 0) is 4.79 Å². The first-order valence-electron chi connectivity index (χ1n) is 5.48. The van der Waals surface area contributed by atoms with Gasteiger partial charge in [-0.05, 0) is 25.3 Å². The predicted octanol–water partition coefficient (Wildman–Crippen LogP) is 2.16. The third kappa shape index (κ3) is 2.06. The predicted molar refractivity (Wildman–Crippen MR) is 59.2 cm³/mol. The molecule has 2 heteroatoms. The van der Waals surface area contributed by atoms with E-state index in [4.69, 9.17) is 0 Å². The van der Waals surface area contributed by atoms with Gasteiger partial charge in [0, 0.05) is 18.4 Å². The number of carbonyl (C=O) groups excluding carboxylic acids is 1. The summed E-state index contributed by atoms with van der Waals surface area (Å²) >= 11 is 0. The average Bonchev–Trinajstić information content (AvgIpc) is 2.63. The van der Waals surface area contributed by atoms with Crippen molar-refractivity contribution in [2.75, 3.05) is 13.1 Å². The van der Waals surface area contributed by atoms with Gasteiger partial charge in [0.05, 0.1) is 0 Å². The van der Waals surface area contributed by atoms with E-state index in [1.54, 1.807) is 0 Å². The molecule has 0 saturated carbocycles. The lowest BCUT2D eigenvalue weighted by Crippen LogP contribution is -2.38. The summed E-state index contributed by atoms with van der Waals surface area (Å²) in [5.74, 6) is 0.854. The van der Waals surface area contributed by atoms with E-state index in [0.717, 1.165) is 25.9 Å². The molecule has 2 nitrogen and oxygen atoms in total. The number of Topliss-reactive ketones (excluding diaryl/α,β-unsaturated/α-hetero) is 1. The molecule has 1 saturated heterocycles. The molecule has 0 aromatic carbocycles. The quantitative estimate of drug-likeness (QED) is 0.681. The second-order valence-corrected chi connectivity index (χ2v) is 4.49. The zero-order chi connectivity index (χ0) is 10.6. The Kier molecular flexibility index (Phi) is 3.87. The molecule has 80 valence electrons. The van der Waals surface area contributed by atoms with E-state index < -0.39 is 0 Å². The standard InChI is InChI=1S/C12H21NO/c1-4-5-6-11(14)12(10(2)3)7-8-13-9-12/h4,10,13H,1,5-9H2,2-3H3. The normalized spacial score (nSPS) is 26.8. The zero-order valence-corrected chi connectivity index (χ0v) is 9.31. The van der Waals surface area contributed by atoms with Gasteiger partial charge in [0.25, 0.3) is 0 Å². The molecule has 0 amide bonds. The lowest BCUT2D eigenvalue weighted by molar-refractivity contribution is -0.130. The third-order valence-corrected chi connectivity index (χ3v) is 3.42. The maximum Gasteiger partial charge on any atom is 0.140 e. The van der Waals surface area contributed by atoms with Crippen molar-refractivity contribution in [3.8, 4) is 0 Å². The molecule has 1 rings (SSSR count). The van der Waals surface area contributed by atoms with E-state index >= 15 is 0 Å². The van der Waals surface area contributed by atoms with Crippen molar-refractivity contribution in [3.63, 3.8) is 0 Å². The summed E-state index contributed by atoms with van der Waals surface area (Å²) in [6.07, 6.45) is 4.30. The number of hydrogen-bond donors (Lipinski definition) is 1. The minimum absolute atomic E-state index is 0.0942. The van der Waals surface area contributed by atoms with Gasteiger partial charge in [0.2, 0.25) is 0 Å². The summed E-state index contributed by atoms with van der Waals surface area (Å²) < 4.78 is 0. The fourth-order valence-corrected chi connectivity index (χ4v) is 2.25. The van der Waals surface area contributed by atoms with Crippen LogP contribution in [0.15, 0.2) is 12.7 Å². The van der Waals surface area contributed by atoms with Crippen molar-refractivity contribution < 1.29 is 4.79 Å². The lowest BCUT2D eigenvalue weighted by Gasteiger charge is -2.30. The van der Waals surface area contributed by atoms with Crippen molar-refractivity contribution in [2.45, 2.75) is 33.1 Å². The summed E-state index contributed by atoms with van der Waals surface area (Å²) in [4.78, 5) is 12.1. The second kappa shape index (κ2) is 4.74. The van der Waals surface area contributed by atoms with E-state index in [1.165, 1.54) is 0 Å². The summed E-state index contributed by atoms with van der Waals surface area (Å²) in [6, 6.07) is 0. The second-order valence-electron chi connectivity index (χ2n) is 4.49. The van der Waals surface area contributed by atoms with Gasteiger partial charge < -0.3 is 5.32 Å². The minimum Gasteiger partial charge on any atom is -0.316 e. The first-order valence-corrected chi connectivity index (χ1v) is 5.48. The number of carbonyl (C=O) groups is 1. The van der Waals surface area contributed by atoms with Crippen molar-refractivity contribution >= 4 is 5.78 Å². The molecule has 1 aliphatic rings. The van der Waals surface area contributed by atoms with Crippen LogP contribution in [0.5, 0.6) is 0 Å². The van der Waals surface area contributed by atoms with E-state index in [2.05, 4.69) is 25.7 Å². The number of nitrogens with one attached hydrogen (secondary N) is 1. The Balaban J connectivity index is 2.67. The minimum atomic E-state index is -0.0942. The summed E-state index contributed by atoms with van der Waals surface area (Å²) in [6.45, 7) is 9.81. The van der Waals surface area contributed by atoms with Crippen LogP contribution >= 0.6 is 0 Å². The molecule has 1 atom stereocenters. The van der Waals surface area contributed by atoms with Gasteiger partial charge in [-0.3, -0.25) is 4.79 Å². The van der Waals surface area contributed by atoms with Gasteiger partial charge in [-0.2, -0.15) is 0 Å². The molecule has 0 aliphatic carbocycles. The van der Waals surface area contributed by atoms with Crippen LogP contribution in [0.2, 0.25) is 0 Å². The fourth-order valence-electron chi connectivity index (χ4n) is 2.25. The SMILES string of the molecule is C=CCCC(=O)C1(C(C)C)CCNC1. The first kappa shape index (κ1) is 11.4. The van der Waals surface area contributed by atoms with Gasteiger partial charge in [-0.1, -0.05) is 19.9 Å². The lowest BCUT2D eigenvalue weighted by atomic mass is 9.72. The van der Waals surface area contributed by atoms with Gasteiger partial charge in [-0.25, -0.2) is 0 Å². The molecule has 0 aromatic heterocycles. The molecule has 1 unspecified atom stereocenters. The van der Waals surface area contributed by atoms with Gasteiger partial charge in [-0.15, -0.1) is 6.58 Å². The Morgan fingerprint density at radius 2 is 2.36 bits per heavy atom. The maximum absolute atomic E-state index is 12.1. The van der Waals surface area contributed by atoms with Crippen LogP contribution in [0.3, 0.4) is 0 Å². The highest BCUT2D eigenvalue weighted by atomic mass is 16.1. The van der Waals surface area contributed by atoms with Crippen molar-refractivity contribution in [1.82, 2.24) is 5.32 Å². The Labute approximate surface area is 86.8 Å². The van der Waals surface area contributed by atoms with Crippen LogP contribution in [-0.4, -0.2) is 18.9 Å². The summed E-state index contributed by atoms with van der Waals surface area (Å²) in [7, 11) is 0. The number of hydrogen-bond acceptors (Lipinski definition) is 2. The highest BCUT2D eigenvalue weighted by Gasteiger charge is 2.42.